The Morgan fingerprint density at radius 1 is 1.39 bits per heavy atom. The van der Waals surface area contributed by atoms with Crippen LogP contribution in [0.2, 0.25) is 0 Å². The summed E-state index contributed by atoms with van der Waals surface area (Å²) in [6.45, 7) is 4.29. The number of carbonyl (C=O) groups is 1. The smallest absolute Gasteiger partial charge is 0.213 e. The zero-order valence-electron chi connectivity index (χ0n) is 10.4. The van der Waals surface area contributed by atoms with Crippen LogP contribution < -0.4 is 4.74 Å². The highest BCUT2D eigenvalue weighted by molar-refractivity contribution is 6.08. The molecule has 2 heterocycles. The van der Waals surface area contributed by atoms with E-state index < -0.39 is 0 Å². The van der Waals surface area contributed by atoms with Gasteiger partial charge in [0.05, 0.1) is 12.8 Å². The fraction of sp³-hybridized carbons (Fsp3) is 0.214. The maximum Gasteiger partial charge on any atom is 0.213 e. The molecule has 0 aliphatic rings. The van der Waals surface area contributed by atoms with Gasteiger partial charge in [-0.15, -0.1) is 0 Å². The lowest BCUT2D eigenvalue weighted by atomic mass is 10.1. The van der Waals surface area contributed by atoms with Crippen molar-refractivity contribution in [3.63, 3.8) is 0 Å². The molecule has 0 aromatic carbocycles. The van der Waals surface area contributed by atoms with Crippen LogP contribution in [0.4, 0.5) is 0 Å². The Bertz CT molecular complexity index is 567. The third-order valence-corrected chi connectivity index (χ3v) is 2.51. The normalized spacial score (nSPS) is 10.1. The van der Waals surface area contributed by atoms with Crippen LogP contribution in [0.3, 0.4) is 0 Å². The zero-order valence-corrected chi connectivity index (χ0v) is 10.4. The van der Waals surface area contributed by atoms with Crippen molar-refractivity contribution >= 4 is 5.78 Å². The van der Waals surface area contributed by atoms with Crippen molar-refractivity contribution in [2.45, 2.75) is 13.8 Å². The molecule has 0 unspecified atom stereocenters. The second-order valence-electron chi connectivity index (χ2n) is 3.84. The van der Waals surface area contributed by atoms with Gasteiger partial charge in [-0.1, -0.05) is 6.07 Å². The summed E-state index contributed by atoms with van der Waals surface area (Å²) in [5, 5.41) is 0. The SMILES string of the molecule is CCOc1cncc(C(=O)c2ncccc2C)c1. The largest absolute Gasteiger partial charge is 0.492 e. The molecule has 0 amide bonds. The average Bonchev–Trinajstić information content (AvgIpc) is 2.39. The Morgan fingerprint density at radius 3 is 2.94 bits per heavy atom. The monoisotopic (exact) mass is 242 g/mol. The number of aryl methyl sites for hydroxylation is 1. The maximum atomic E-state index is 12.3. The number of ether oxygens (including phenoxy) is 1. The molecule has 4 nitrogen and oxygen atoms in total. The van der Waals surface area contributed by atoms with Gasteiger partial charge in [-0.05, 0) is 31.5 Å². The molecule has 0 N–H and O–H groups in total. The first kappa shape index (κ1) is 12.2. The van der Waals surface area contributed by atoms with E-state index in [1.54, 1.807) is 24.5 Å². The molecule has 0 bridgehead atoms. The molecule has 0 atom stereocenters. The molecule has 18 heavy (non-hydrogen) atoms. The summed E-state index contributed by atoms with van der Waals surface area (Å²) in [5.41, 5.74) is 1.79. The van der Waals surface area contributed by atoms with Gasteiger partial charge in [0.1, 0.15) is 11.4 Å². The molecule has 2 aromatic heterocycles. The number of rotatable bonds is 4. The van der Waals surface area contributed by atoms with Gasteiger partial charge >= 0.3 is 0 Å². The summed E-state index contributed by atoms with van der Waals surface area (Å²) in [6, 6.07) is 5.36. The highest BCUT2D eigenvalue weighted by atomic mass is 16.5. The van der Waals surface area contributed by atoms with Crippen molar-refractivity contribution in [1.82, 2.24) is 9.97 Å². The molecule has 0 aliphatic carbocycles. The summed E-state index contributed by atoms with van der Waals surface area (Å²) in [4.78, 5) is 20.4. The standard InChI is InChI=1S/C14H14N2O2/c1-3-18-12-7-11(8-15-9-12)14(17)13-10(2)5-4-6-16-13/h4-9H,3H2,1-2H3. The van der Waals surface area contributed by atoms with Gasteiger partial charge in [-0.2, -0.15) is 0 Å². The van der Waals surface area contributed by atoms with Crippen molar-refractivity contribution in [3.05, 3.63) is 53.6 Å². The number of carbonyl (C=O) groups excluding carboxylic acids is 1. The molecular weight excluding hydrogens is 228 g/mol. The first-order chi connectivity index (χ1) is 8.72. The Labute approximate surface area is 106 Å². The van der Waals surface area contributed by atoms with Crippen LogP contribution in [0.1, 0.15) is 28.5 Å². The van der Waals surface area contributed by atoms with E-state index in [2.05, 4.69) is 9.97 Å². The second-order valence-corrected chi connectivity index (χ2v) is 3.84. The summed E-state index contributed by atoms with van der Waals surface area (Å²) in [6.07, 6.45) is 4.73. The number of nitrogens with zero attached hydrogens (tertiary/aromatic N) is 2. The molecule has 2 aromatic rings. The van der Waals surface area contributed by atoms with E-state index in [0.717, 1.165) is 5.56 Å². The second kappa shape index (κ2) is 5.40. The predicted octanol–water partition coefficient (Wildman–Crippen LogP) is 2.41. The van der Waals surface area contributed by atoms with Crippen LogP contribution in [0.15, 0.2) is 36.8 Å². The predicted molar refractivity (Wildman–Crippen MR) is 67.8 cm³/mol. The van der Waals surface area contributed by atoms with E-state index >= 15 is 0 Å². The summed E-state index contributed by atoms with van der Waals surface area (Å²) in [7, 11) is 0. The first-order valence-corrected chi connectivity index (χ1v) is 5.76. The zero-order chi connectivity index (χ0) is 13.0. The van der Waals surface area contributed by atoms with Gasteiger partial charge in [-0.25, -0.2) is 0 Å². The molecule has 0 aliphatic heterocycles. The van der Waals surface area contributed by atoms with E-state index in [-0.39, 0.29) is 5.78 Å². The third kappa shape index (κ3) is 2.53. The van der Waals surface area contributed by atoms with E-state index in [9.17, 15) is 4.79 Å². The Kier molecular flexibility index (Phi) is 3.67. The number of aromatic nitrogens is 2. The maximum absolute atomic E-state index is 12.3. The molecule has 0 saturated carbocycles. The van der Waals surface area contributed by atoms with Crippen LogP contribution in [-0.4, -0.2) is 22.4 Å². The lowest BCUT2D eigenvalue weighted by Gasteiger charge is -2.06. The van der Waals surface area contributed by atoms with Crippen LogP contribution in [0.25, 0.3) is 0 Å². The van der Waals surface area contributed by atoms with Gasteiger partial charge in [-0.3, -0.25) is 14.8 Å². The first-order valence-electron chi connectivity index (χ1n) is 5.76. The van der Waals surface area contributed by atoms with E-state index in [1.165, 1.54) is 6.20 Å². The number of ketones is 1. The highest BCUT2D eigenvalue weighted by Crippen LogP contribution is 2.15. The van der Waals surface area contributed by atoms with Crippen LogP contribution in [0.5, 0.6) is 5.75 Å². The van der Waals surface area contributed by atoms with E-state index in [0.29, 0.717) is 23.6 Å². The van der Waals surface area contributed by atoms with E-state index in [4.69, 9.17) is 4.74 Å². The molecule has 0 fully saturated rings. The average molecular weight is 242 g/mol. The third-order valence-electron chi connectivity index (χ3n) is 2.51. The number of hydrogen-bond acceptors (Lipinski definition) is 4. The minimum Gasteiger partial charge on any atom is -0.492 e. The van der Waals surface area contributed by atoms with Crippen LogP contribution >= 0.6 is 0 Å². The van der Waals surface area contributed by atoms with Crippen LogP contribution in [-0.2, 0) is 0 Å². The van der Waals surface area contributed by atoms with Crippen LogP contribution in [0, 0.1) is 6.92 Å². The minimum absolute atomic E-state index is 0.137. The topological polar surface area (TPSA) is 52.1 Å². The van der Waals surface area contributed by atoms with Crippen molar-refractivity contribution in [2.75, 3.05) is 6.61 Å². The molecule has 0 saturated heterocycles. The van der Waals surface area contributed by atoms with Gasteiger partial charge in [0.25, 0.3) is 0 Å². The Balaban J connectivity index is 2.34. The van der Waals surface area contributed by atoms with Gasteiger partial charge in [0.15, 0.2) is 0 Å². The molecule has 0 radical (unpaired) electrons. The molecule has 92 valence electrons. The van der Waals surface area contributed by atoms with Crippen molar-refractivity contribution in [1.29, 1.82) is 0 Å². The van der Waals surface area contributed by atoms with Crippen molar-refractivity contribution in [2.24, 2.45) is 0 Å². The lowest BCUT2D eigenvalue weighted by molar-refractivity contribution is 0.103. The molecular formula is C14H14N2O2. The lowest BCUT2D eigenvalue weighted by Crippen LogP contribution is -2.07. The Hall–Kier alpha value is -2.23. The van der Waals surface area contributed by atoms with Gasteiger partial charge in [0, 0.05) is 18.0 Å². The summed E-state index contributed by atoms with van der Waals surface area (Å²) >= 11 is 0. The number of hydrogen-bond donors (Lipinski definition) is 0. The fourth-order valence-electron chi connectivity index (χ4n) is 1.65. The molecule has 2 rings (SSSR count). The minimum atomic E-state index is -0.137. The van der Waals surface area contributed by atoms with Crippen molar-refractivity contribution < 1.29 is 9.53 Å². The number of pyridine rings is 2. The molecule has 4 heteroatoms. The van der Waals surface area contributed by atoms with Gasteiger partial charge in [0.2, 0.25) is 5.78 Å². The fourth-order valence-corrected chi connectivity index (χ4v) is 1.65. The molecule has 0 spiro atoms. The Morgan fingerprint density at radius 2 is 2.22 bits per heavy atom. The van der Waals surface area contributed by atoms with Gasteiger partial charge < -0.3 is 4.74 Å². The van der Waals surface area contributed by atoms with Crippen molar-refractivity contribution in [3.8, 4) is 5.75 Å². The van der Waals surface area contributed by atoms with E-state index in [1.807, 2.05) is 19.9 Å². The summed E-state index contributed by atoms with van der Waals surface area (Å²) in [5.74, 6) is 0.457. The summed E-state index contributed by atoms with van der Waals surface area (Å²) < 4.78 is 5.33. The quantitative estimate of drug-likeness (QED) is 0.772. The highest BCUT2D eigenvalue weighted by Gasteiger charge is 2.13.